The highest BCUT2D eigenvalue weighted by Gasteiger charge is 2.28. The van der Waals surface area contributed by atoms with Gasteiger partial charge in [-0.25, -0.2) is 4.79 Å². The van der Waals surface area contributed by atoms with E-state index in [0.29, 0.717) is 0 Å². The van der Waals surface area contributed by atoms with Crippen LogP contribution >= 0.6 is 0 Å². The number of carbonyl (C=O) groups is 3. The number of carbonyl (C=O) groups excluding carboxylic acids is 3. The Bertz CT molecular complexity index is 559. The third-order valence-electron chi connectivity index (χ3n) is 3.95. The van der Waals surface area contributed by atoms with Gasteiger partial charge in [0.1, 0.15) is 6.04 Å². The van der Waals surface area contributed by atoms with Crippen molar-refractivity contribution in [2.24, 2.45) is 5.92 Å². The van der Waals surface area contributed by atoms with Crippen molar-refractivity contribution in [3.05, 3.63) is 35.9 Å². The zero-order chi connectivity index (χ0) is 18.1. The number of amides is 2. The second kappa shape index (κ2) is 9.70. The van der Waals surface area contributed by atoms with Crippen molar-refractivity contribution in [3.8, 4) is 0 Å². The lowest BCUT2D eigenvalue weighted by atomic mass is 9.98. The number of nitrogens with one attached hydrogen (secondary N) is 2. The summed E-state index contributed by atoms with van der Waals surface area (Å²) in [5.41, 5.74) is 0.834. The number of benzene rings is 1. The number of esters is 1. The molecule has 3 atom stereocenters. The zero-order valence-corrected chi connectivity index (χ0v) is 14.7. The lowest BCUT2D eigenvalue weighted by Gasteiger charge is -2.24. The van der Waals surface area contributed by atoms with Gasteiger partial charge < -0.3 is 15.4 Å². The summed E-state index contributed by atoms with van der Waals surface area (Å²) in [6.07, 6.45) is 0.779. The SMILES string of the molecule is CCC(C)C(NC(=O)CC(NC(C)=O)c1ccccc1)C(=O)OC. The maximum Gasteiger partial charge on any atom is 0.328 e. The summed E-state index contributed by atoms with van der Waals surface area (Å²) in [4.78, 5) is 35.7. The molecular formula is C18H26N2O4. The molecule has 0 fully saturated rings. The second-order valence-electron chi connectivity index (χ2n) is 5.82. The maximum atomic E-state index is 12.4. The molecule has 24 heavy (non-hydrogen) atoms. The first-order valence-corrected chi connectivity index (χ1v) is 8.08. The van der Waals surface area contributed by atoms with E-state index >= 15 is 0 Å². The molecule has 132 valence electrons. The van der Waals surface area contributed by atoms with E-state index in [0.717, 1.165) is 12.0 Å². The molecule has 0 aliphatic carbocycles. The van der Waals surface area contributed by atoms with E-state index < -0.39 is 18.1 Å². The van der Waals surface area contributed by atoms with E-state index in [-0.39, 0.29) is 24.2 Å². The molecule has 6 heteroatoms. The Morgan fingerprint density at radius 1 is 1.12 bits per heavy atom. The van der Waals surface area contributed by atoms with Crippen LogP contribution in [0.15, 0.2) is 30.3 Å². The minimum atomic E-state index is -0.693. The molecule has 0 bridgehead atoms. The molecule has 0 aromatic heterocycles. The van der Waals surface area contributed by atoms with Gasteiger partial charge in [0.15, 0.2) is 0 Å². The van der Waals surface area contributed by atoms with Crippen LogP contribution in [-0.4, -0.2) is 30.9 Å². The lowest BCUT2D eigenvalue weighted by molar-refractivity contribution is -0.146. The number of hydrogen-bond acceptors (Lipinski definition) is 4. The largest absolute Gasteiger partial charge is 0.467 e. The van der Waals surface area contributed by atoms with Crippen LogP contribution in [-0.2, 0) is 19.1 Å². The molecule has 3 unspecified atom stereocenters. The highest BCUT2D eigenvalue weighted by atomic mass is 16.5. The standard InChI is InChI=1S/C18H26N2O4/c1-5-12(2)17(18(23)24-4)20-16(22)11-15(19-13(3)21)14-9-7-6-8-10-14/h6-10,12,15,17H,5,11H2,1-4H3,(H,19,21)(H,20,22). The minimum absolute atomic E-state index is 0.0441. The van der Waals surface area contributed by atoms with Crippen molar-refractivity contribution in [1.82, 2.24) is 10.6 Å². The molecule has 0 aliphatic heterocycles. The van der Waals surface area contributed by atoms with Gasteiger partial charge in [-0.05, 0) is 11.5 Å². The number of ether oxygens (including phenoxy) is 1. The molecule has 0 radical (unpaired) electrons. The summed E-state index contributed by atoms with van der Waals surface area (Å²) in [5.74, 6) is -1.04. The second-order valence-corrected chi connectivity index (χ2v) is 5.82. The van der Waals surface area contributed by atoms with Crippen LogP contribution in [0.2, 0.25) is 0 Å². The molecule has 1 aromatic rings. The first kappa shape index (κ1) is 19.7. The van der Waals surface area contributed by atoms with Crippen molar-refractivity contribution in [2.45, 2.75) is 45.7 Å². The molecule has 0 aliphatic rings. The molecule has 0 saturated heterocycles. The topological polar surface area (TPSA) is 84.5 Å². The molecule has 2 N–H and O–H groups in total. The van der Waals surface area contributed by atoms with Crippen LogP contribution < -0.4 is 10.6 Å². The van der Waals surface area contributed by atoms with E-state index in [1.807, 2.05) is 44.2 Å². The van der Waals surface area contributed by atoms with E-state index in [1.54, 1.807) is 0 Å². The summed E-state index contributed by atoms with van der Waals surface area (Å²) in [7, 11) is 1.30. The van der Waals surface area contributed by atoms with Crippen molar-refractivity contribution in [3.63, 3.8) is 0 Å². The van der Waals surface area contributed by atoms with Crippen LogP contribution in [0, 0.1) is 5.92 Å². The average Bonchev–Trinajstić information content (AvgIpc) is 2.58. The molecule has 0 spiro atoms. The maximum absolute atomic E-state index is 12.4. The molecule has 1 aromatic carbocycles. The Morgan fingerprint density at radius 3 is 2.25 bits per heavy atom. The van der Waals surface area contributed by atoms with E-state index in [2.05, 4.69) is 10.6 Å². The Labute approximate surface area is 143 Å². The van der Waals surface area contributed by atoms with Gasteiger partial charge in [-0.15, -0.1) is 0 Å². The predicted molar refractivity (Wildman–Crippen MR) is 91.0 cm³/mol. The lowest BCUT2D eigenvalue weighted by Crippen LogP contribution is -2.46. The van der Waals surface area contributed by atoms with Crippen molar-refractivity contribution >= 4 is 17.8 Å². The van der Waals surface area contributed by atoms with Crippen LogP contribution in [0.3, 0.4) is 0 Å². The van der Waals surface area contributed by atoms with E-state index in [1.165, 1.54) is 14.0 Å². The summed E-state index contributed by atoms with van der Waals surface area (Å²) < 4.78 is 4.77. The Balaban J connectivity index is 2.83. The first-order valence-electron chi connectivity index (χ1n) is 8.08. The van der Waals surface area contributed by atoms with Crippen LogP contribution in [0.1, 0.15) is 45.2 Å². The Hall–Kier alpha value is -2.37. The summed E-state index contributed by atoms with van der Waals surface area (Å²) in [5, 5.41) is 5.50. The smallest absolute Gasteiger partial charge is 0.328 e. The van der Waals surface area contributed by atoms with Crippen LogP contribution in [0.4, 0.5) is 0 Å². The zero-order valence-electron chi connectivity index (χ0n) is 14.7. The molecule has 6 nitrogen and oxygen atoms in total. The summed E-state index contributed by atoms with van der Waals surface area (Å²) in [6.45, 7) is 5.23. The highest BCUT2D eigenvalue weighted by Crippen LogP contribution is 2.17. The van der Waals surface area contributed by atoms with Gasteiger partial charge in [0.05, 0.1) is 19.6 Å². The fourth-order valence-corrected chi connectivity index (χ4v) is 2.40. The van der Waals surface area contributed by atoms with Gasteiger partial charge in [0.2, 0.25) is 11.8 Å². The molecule has 0 heterocycles. The van der Waals surface area contributed by atoms with Gasteiger partial charge in [0.25, 0.3) is 0 Å². The Morgan fingerprint density at radius 2 is 1.75 bits per heavy atom. The van der Waals surface area contributed by atoms with E-state index in [9.17, 15) is 14.4 Å². The van der Waals surface area contributed by atoms with Gasteiger partial charge in [-0.2, -0.15) is 0 Å². The fraction of sp³-hybridized carbons (Fsp3) is 0.500. The van der Waals surface area contributed by atoms with Crippen LogP contribution in [0.5, 0.6) is 0 Å². The number of methoxy groups -OCH3 is 1. The predicted octanol–water partition coefficient (Wildman–Crippen LogP) is 1.96. The van der Waals surface area contributed by atoms with Gasteiger partial charge in [-0.1, -0.05) is 50.6 Å². The minimum Gasteiger partial charge on any atom is -0.467 e. The van der Waals surface area contributed by atoms with Crippen LogP contribution in [0.25, 0.3) is 0 Å². The third-order valence-corrected chi connectivity index (χ3v) is 3.95. The molecule has 2 amide bonds. The van der Waals surface area contributed by atoms with Crippen molar-refractivity contribution in [2.75, 3.05) is 7.11 Å². The van der Waals surface area contributed by atoms with Crippen molar-refractivity contribution < 1.29 is 19.1 Å². The normalized spacial score (nSPS) is 14.2. The fourth-order valence-electron chi connectivity index (χ4n) is 2.40. The van der Waals surface area contributed by atoms with Gasteiger partial charge in [0, 0.05) is 6.92 Å². The number of hydrogen-bond donors (Lipinski definition) is 2. The quantitative estimate of drug-likeness (QED) is 0.712. The Kier molecular flexibility index (Phi) is 7.95. The monoisotopic (exact) mass is 334 g/mol. The first-order chi connectivity index (χ1) is 11.4. The van der Waals surface area contributed by atoms with Crippen molar-refractivity contribution in [1.29, 1.82) is 0 Å². The summed E-state index contributed by atoms with van der Waals surface area (Å²) >= 11 is 0. The molecular weight excluding hydrogens is 308 g/mol. The third kappa shape index (κ3) is 6.02. The van der Waals surface area contributed by atoms with Gasteiger partial charge in [-0.3, -0.25) is 9.59 Å². The van der Waals surface area contributed by atoms with E-state index in [4.69, 9.17) is 4.74 Å². The number of rotatable bonds is 8. The molecule has 1 rings (SSSR count). The average molecular weight is 334 g/mol. The highest BCUT2D eigenvalue weighted by molar-refractivity contribution is 5.85. The van der Waals surface area contributed by atoms with Gasteiger partial charge >= 0.3 is 5.97 Å². The summed E-state index contributed by atoms with van der Waals surface area (Å²) in [6, 6.07) is 8.11. The molecule has 0 saturated carbocycles.